The smallest absolute Gasteiger partial charge is 0.0457 e. The average Bonchev–Trinajstić information content (AvgIpc) is 3.15. The second kappa shape index (κ2) is 4.51. The molecule has 2 heteroatoms. The van der Waals surface area contributed by atoms with Crippen molar-refractivity contribution in [1.29, 1.82) is 0 Å². The van der Waals surface area contributed by atoms with Crippen LogP contribution in [0.3, 0.4) is 0 Å². The summed E-state index contributed by atoms with van der Waals surface area (Å²) in [5.41, 5.74) is 5.26. The normalized spacial score (nSPS) is 16.4. The minimum atomic E-state index is 0.476. The molecule has 0 amide bonds. The van der Waals surface area contributed by atoms with Gasteiger partial charge in [0.25, 0.3) is 0 Å². The topological polar surface area (TPSA) is 31.6 Å². The molecule has 1 aliphatic carbocycles. The van der Waals surface area contributed by atoms with Gasteiger partial charge in [-0.1, -0.05) is 36.4 Å². The predicted octanol–water partition coefficient (Wildman–Crippen LogP) is 5.19. The molecule has 2 nitrogen and oxygen atoms in total. The third-order valence-electron chi connectivity index (χ3n) is 4.94. The first-order valence-corrected chi connectivity index (χ1v) is 8.04. The van der Waals surface area contributed by atoms with E-state index in [-0.39, 0.29) is 0 Å². The number of para-hydroxylation sites is 2. The molecule has 1 fully saturated rings. The zero-order chi connectivity index (χ0) is 14.5. The number of aromatic amines is 2. The molecule has 1 aliphatic rings. The highest BCUT2D eigenvalue weighted by Crippen LogP contribution is 2.48. The van der Waals surface area contributed by atoms with Crippen LogP contribution in [-0.4, -0.2) is 9.97 Å². The number of rotatable bonds is 3. The Kier molecular flexibility index (Phi) is 2.48. The number of fused-ring (bicyclic) bond motifs is 2. The molecule has 4 aromatic rings. The largest absolute Gasteiger partial charge is 0.361 e. The summed E-state index contributed by atoms with van der Waals surface area (Å²) >= 11 is 0. The lowest BCUT2D eigenvalue weighted by Crippen LogP contribution is -2.03. The van der Waals surface area contributed by atoms with Crippen LogP contribution in [-0.2, 0) is 0 Å². The maximum absolute atomic E-state index is 3.66. The van der Waals surface area contributed by atoms with Gasteiger partial charge in [0.2, 0.25) is 0 Å². The second-order valence-corrected chi connectivity index (χ2v) is 6.42. The first-order valence-electron chi connectivity index (χ1n) is 8.04. The highest BCUT2D eigenvalue weighted by Gasteiger charge is 2.35. The summed E-state index contributed by atoms with van der Waals surface area (Å²) in [6.07, 6.45) is 4.87. The van der Waals surface area contributed by atoms with Gasteiger partial charge in [0, 0.05) is 34.2 Å². The van der Waals surface area contributed by atoms with Crippen molar-refractivity contribution in [2.75, 3.05) is 0 Å². The lowest BCUT2D eigenvalue weighted by atomic mass is 9.90. The van der Waals surface area contributed by atoms with Gasteiger partial charge in [0.15, 0.2) is 0 Å². The van der Waals surface area contributed by atoms with Crippen molar-refractivity contribution in [2.45, 2.75) is 18.8 Å². The van der Waals surface area contributed by atoms with E-state index in [2.05, 4.69) is 70.8 Å². The predicted molar refractivity (Wildman–Crippen MR) is 91.2 cm³/mol. The minimum absolute atomic E-state index is 0.476. The van der Waals surface area contributed by atoms with Gasteiger partial charge in [0.05, 0.1) is 0 Å². The van der Waals surface area contributed by atoms with Crippen LogP contribution in [0.1, 0.15) is 30.0 Å². The molecular formula is C20H18N2. The van der Waals surface area contributed by atoms with Gasteiger partial charge in [-0.25, -0.2) is 0 Å². The summed E-state index contributed by atoms with van der Waals surface area (Å²) in [7, 11) is 0. The molecule has 22 heavy (non-hydrogen) atoms. The van der Waals surface area contributed by atoms with Crippen LogP contribution in [0.2, 0.25) is 0 Å². The standard InChI is InChI=1S/C20H18N2/c1-3-7-17-14(5-1)11-19(22-17)20(13-9-10-13)16-12-21-18-8-4-2-6-15(16)18/h1-8,11-13,20-22H,9-10H2. The molecule has 0 radical (unpaired) electrons. The van der Waals surface area contributed by atoms with Gasteiger partial charge in [0.1, 0.15) is 0 Å². The molecule has 0 saturated heterocycles. The van der Waals surface area contributed by atoms with Crippen molar-refractivity contribution < 1.29 is 0 Å². The molecule has 0 spiro atoms. The molecule has 2 heterocycles. The van der Waals surface area contributed by atoms with E-state index in [1.165, 1.54) is 45.9 Å². The van der Waals surface area contributed by atoms with Crippen LogP contribution in [0.25, 0.3) is 21.8 Å². The first-order chi connectivity index (χ1) is 10.9. The van der Waals surface area contributed by atoms with Crippen molar-refractivity contribution in [3.8, 4) is 0 Å². The van der Waals surface area contributed by atoms with Crippen LogP contribution in [0, 0.1) is 5.92 Å². The fourth-order valence-electron chi connectivity index (χ4n) is 3.72. The Morgan fingerprint density at radius 2 is 1.68 bits per heavy atom. The van der Waals surface area contributed by atoms with E-state index < -0.39 is 0 Å². The molecule has 1 saturated carbocycles. The van der Waals surface area contributed by atoms with Gasteiger partial charge in [-0.15, -0.1) is 0 Å². The third kappa shape index (κ3) is 1.80. The van der Waals surface area contributed by atoms with Crippen molar-refractivity contribution in [3.63, 3.8) is 0 Å². The third-order valence-corrected chi connectivity index (χ3v) is 4.94. The van der Waals surface area contributed by atoms with E-state index >= 15 is 0 Å². The number of aromatic nitrogens is 2. The minimum Gasteiger partial charge on any atom is -0.361 e. The molecule has 2 aromatic carbocycles. The molecular weight excluding hydrogens is 268 g/mol. The number of hydrogen-bond acceptors (Lipinski definition) is 0. The van der Waals surface area contributed by atoms with Crippen LogP contribution in [0.15, 0.2) is 60.8 Å². The SMILES string of the molecule is c1ccc2[nH]c(C(c3c[nH]c4ccccc34)C3CC3)cc2c1. The van der Waals surface area contributed by atoms with Gasteiger partial charge in [-0.2, -0.15) is 0 Å². The summed E-state index contributed by atoms with van der Waals surface area (Å²) < 4.78 is 0. The van der Waals surface area contributed by atoms with Crippen LogP contribution >= 0.6 is 0 Å². The summed E-state index contributed by atoms with van der Waals surface area (Å²) in [4.78, 5) is 7.10. The Morgan fingerprint density at radius 1 is 0.909 bits per heavy atom. The Balaban J connectivity index is 1.70. The number of benzene rings is 2. The number of nitrogens with one attached hydrogen (secondary N) is 2. The Labute approximate surface area is 129 Å². The Morgan fingerprint density at radius 3 is 2.50 bits per heavy atom. The van der Waals surface area contributed by atoms with Crippen molar-refractivity contribution in [1.82, 2.24) is 9.97 Å². The Hall–Kier alpha value is -2.48. The van der Waals surface area contributed by atoms with E-state index in [1.54, 1.807) is 0 Å². The van der Waals surface area contributed by atoms with Gasteiger partial charge in [-0.05, 0) is 47.9 Å². The van der Waals surface area contributed by atoms with Gasteiger partial charge in [-0.3, -0.25) is 0 Å². The summed E-state index contributed by atoms with van der Waals surface area (Å²) in [6, 6.07) is 19.5. The lowest BCUT2D eigenvalue weighted by molar-refractivity contribution is 0.693. The van der Waals surface area contributed by atoms with E-state index in [9.17, 15) is 0 Å². The van der Waals surface area contributed by atoms with Crippen LogP contribution < -0.4 is 0 Å². The van der Waals surface area contributed by atoms with E-state index in [0.29, 0.717) is 5.92 Å². The molecule has 0 bridgehead atoms. The van der Waals surface area contributed by atoms with Gasteiger partial charge < -0.3 is 9.97 Å². The highest BCUT2D eigenvalue weighted by atomic mass is 14.7. The van der Waals surface area contributed by atoms with Crippen LogP contribution in [0.4, 0.5) is 0 Å². The molecule has 5 rings (SSSR count). The van der Waals surface area contributed by atoms with Crippen molar-refractivity contribution in [2.24, 2.45) is 5.92 Å². The molecule has 1 atom stereocenters. The maximum Gasteiger partial charge on any atom is 0.0457 e. The molecule has 2 aromatic heterocycles. The summed E-state index contributed by atoms with van der Waals surface area (Å²) in [6.45, 7) is 0. The number of hydrogen-bond donors (Lipinski definition) is 2. The van der Waals surface area contributed by atoms with Gasteiger partial charge >= 0.3 is 0 Å². The van der Waals surface area contributed by atoms with Crippen LogP contribution in [0.5, 0.6) is 0 Å². The number of H-pyrrole nitrogens is 2. The summed E-state index contributed by atoms with van der Waals surface area (Å²) in [5.74, 6) is 1.25. The van der Waals surface area contributed by atoms with Crippen molar-refractivity contribution >= 4 is 21.8 Å². The van der Waals surface area contributed by atoms with E-state index in [4.69, 9.17) is 0 Å². The quantitative estimate of drug-likeness (QED) is 0.519. The molecule has 1 unspecified atom stereocenters. The van der Waals surface area contributed by atoms with Crippen molar-refractivity contribution in [3.05, 3.63) is 72.1 Å². The fourth-order valence-corrected chi connectivity index (χ4v) is 3.72. The first kappa shape index (κ1) is 12.1. The summed E-state index contributed by atoms with van der Waals surface area (Å²) in [5, 5.41) is 2.67. The van der Waals surface area contributed by atoms with E-state index in [0.717, 1.165) is 5.92 Å². The fraction of sp³-hybridized carbons (Fsp3) is 0.200. The molecule has 108 valence electrons. The molecule has 2 N–H and O–H groups in total. The monoisotopic (exact) mass is 286 g/mol. The highest BCUT2D eigenvalue weighted by molar-refractivity contribution is 5.85. The zero-order valence-electron chi connectivity index (χ0n) is 12.3. The average molecular weight is 286 g/mol. The molecule has 0 aliphatic heterocycles. The zero-order valence-corrected chi connectivity index (χ0v) is 12.3. The second-order valence-electron chi connectivity index (χ2n) is 6.42. The maximum atomic E-state index is 3.66. The lowest BCUT2D eigenvalue weighted by Gasteiger charge is -2.14. The van der Waals surface area contributed by atoms with E-state index in [1.807, 2.05) is 0 Å². The Bertz CT molecular complexity index is 923.